The number of rotatable bonds is 7. The molecule has 0 radical (unpaired) electrons. The quantitative estimate of drug-likeness (QED) is 0.683. The van der Waals surface area contributed by atoms with Gasteiger partial charge in [0.25, 0.3) is 0 Å². The van der Waals surface area contributed by atoms with Gasteiger partial charge in [-0.2, -0.15) is 0 Å². The minimum Gasteiger partial charge on any atom is -0.491 e. The molecular weight excluding hydrogens is 326 g/mol. The second kappa shape index (κ2) is 8.08. The molecule has 0 bridgehead atoms. The first kappa shape index (κ1) is 15.9. The van der Waals surface area contributed by atoms with Gasteiger partial charge in [-0.15, -0.1) is 0 Å². The molecule has 2 aromatic carbocycles. The average molecular weight is 348 g/mol. The lowest BCUT2D eigenvalue weighted by Gasteiger charge is -2.21. The van der Waals surface area contributed by atoms with E-state index in [0.29, 0.717) is 0 Å². The molecular formula is C18H22BrNO. The van der Waals surface area contributed by atoms with Crippen LogP contribution in [0.2, 0.25) is 0 Å². The predicted molar refractivity (Wildman–Crippen MR) is 93.0 cm³/mol. The fourth-order valence-corrected chi connectivity index (χ4v) is 2.67. The van der Waals surface area contributed by atoms with E-state index in [-0.39, 0.29) is 6.04 Å². The summed E-state index contributed by atoms with van der Waals surface area (Å²) in [4.78, 5) is 0. The van der Waals surface area contributed by atoms with E-state index in [1.54, 1.807) is 0 Å². The predicted octanol–water partition coefficient (Wildman–Crippen LogP) is 5.80. The van der Waals surface area contributed by atoms with Crippen LogP contribution in [0.3, 0.4) is 0 Å². The number of nitrogens with one attached hydrogen (secondary N) is 1. The summed E-state index contributed by atoms with van der Waals surface area (Å²) in [5.74, 6) is 0.924. The van der Waals surface area contributed by atoms with Crippen molar-refractivity contribution in [1.82, 2.24) is 0 Å². The van der Waals surface area contributed by atoms with E-state index < -0.39 is 0 Å². The van der Waals surface area contributed by atoms with Crippen LogP contribution in [0.15, 0.2) is 53.0 Å². The Balaban J connectivity index is 2.18. The Kier molecular flexibility index (Phi) is 6.12. The number of halogens is 1. The molecule has 112 valence electrons. The third kappa shape index (κ3) is 4.50. The van der Waals surface area contributed by atoms with Gasteiger partial charge in [0.1, 0.15) is 5.75 Å². The Bertz CT molecular complexity index is 571. The summed E-state index contributed by atoms with van der Waals surface area (Å²) >= 11 is 3.54. The molecule has 0 saturated carbocycles. The molecule has 1 atom stereocenters. The van der Waals surface area contributed by atoms with Crippen molar-refractivity contribution in [3.8, 4) is 5.75 Å². The molecule has 2 aromatic rings. The van der Waals surface area contributed by atoms with Crippen molar-refractivity contribution in [3.63, 3.8) is 0 Å². The lowest BCUT2D eigenvalue weighted by atomic mass is 10.0. The van der Waals surface area contributed by atoms with Gasteiger partial charge < -0.3 is 10.1 Å². The van der Waals surface area contributed by atoms with Crippen LogP contribution in [0, 0.1) is 0 Å². The molecule has 0 spiro atoms. The number of benzene rings is 2. The molecule has 0 amide bonds. The molecule has 1 N–H and O–H groups in total. The molecule has 0 aliphatic carbocycles. The molecule has 0 fully saturated rings. The molecule has 1 unspecified atom stereocenters. The number of ether oxygens (including phenoxy) is 1. The lowest BCUT2D eigenvalue weighted by Crippen LogP contribution is -2.11. The van der Waals surface area contributed by atoms with E-state index in [1.807, 2.05) is 18.2 Å². The van der Waals surface area contributed by atoms with E-state index in [9.17, 15) is 0 Å². The zero-order valence-electron chi connectivity index (χ0n) is 12.6. The first-order chi connectivity index (χ1) is 10.2. The first-order valence-electron chi connectivity index (χ1n) is 7.48. The molecule has 0 aliphatic rings. The van der Waals surface area contributed by atoms with Crippen LogP contribution < -0.4 is 10.1 Å². The monoisotopic (exact) mass is 347 g/mol. The van der Waals surface area contributed by atoms with Crippen molar-refractivity contribution < 1.29 is 4.74 Å². The van der Waals surface area contributed by atoms with Crippen molar-refractivity contribution in [2.75, 3.05) is 11.9 Å². The molecule has 0 saturated heterocycles. The van der Waals surface area contributed by atoms with Gasteiger partial charge in [0.05, 0.1) is 18.3 Å². The highest BCUT2D eigenvalue weighted by Crippen LogP contribution is 2.30. The summed E-state index contributed by atoms with van der Waals surface area (Å²) in [6.07, 6.45) is 2.02. The highest BCUT2D eigenvalue weighted by molar-refractivity contribution is 9.10. The first-order valence-corrected chi connectivity index (χ1v) is 8.27. The average Bonchev–Trinajstić information content (AvgIpc) is 2.51. The van der Waals surface area contributed by atoms with Crippen LogP contribution in [0.5, 0.6) is 5.75 Å². The number of para-hydroxylation sites is 2. The van der Waals surface area contributed by atoms with Crippen LogP contribution in [0.4, 0.5) is 5.69 Å². The lowest BCUT2D eigenvalue weighted by molar-refractivity contribution is 0.318. The number of hydrogen-bond acceptors (Lipinski definition) is 2. The minimum atomic E-state index is 0.272. The van der Waals surface area contributed by atoms with E-state index in [0.717, 1.165) is 35.4 Å². The molecule has 2 rings (SSSR count). The van der Waals surface area contributed by atoms with Crippen molar-refractivity contribution >= 4 is 21.6 Å². The van der Waals surface area contributed by atoms with Gasteiger partial charge in [-0.25, -0.2) is 0 Å². The fourth-order valence-electron chi connectivity index (χ4n) is 2.26. The van der Waals surface area contributed by atoms with E-state index in [4.69, 9.17) is 4.74 Å². The maximum atomic E-state index is 5.82. The normalized spacial score (nSPS) is 12.0. The van der Waals surface area contributed by atoms with Gasteiger partial charge in [-0.3, -0.25) is 0 Å². The smallest absolute Gasteiger partial charge is 0.142 e. The second-order valence-electron chi connectivity index (χ2n) is 5.00. The summed E-state index contributed by atoms with van der Waals surface area (Å²) in [6.45, 7) is 5.05. The maximum absolute atomic E-state index is 5.82. The summed E-state index contributed by atoms with van der Waals surface area (Å²) < 4.78 is 6.93. The van der Waals surface area contributed by atoms with Crippen LogP contribution in [-0.2, 0) is 0 Å². The zero-order chi connectivity index (χ0) is 15.1. The molecule has 0 aromatic heterocycles. The molecule has 2 nitrogen and oxygen atoms in total. The van der Waals surface area contributed by atoms with E-state index in [1.165, 1.54) is 5.56 Å². The fraction of sp³-hybridized carbons (Fsp3) is 0.333. The van der Waals surface area contributed by atoms with Gasteiger partial charge >= 0.3 is 0 Å². The molecule has 0 aliphatic heterocycles. The summed E-state index contributed by atoms with van der Waals surface area (Å²) in [5.41, 5.74) is 2.33. The second-order valence-corrected chi connectivity index (χ2v) is 5.92. The largest absolute Gasteiger partial charge is 0.491 e. The maximum Gasteiger partial charge on any atom is 0.142 e. The molecule has 0 heterocycles. The van der Waals surface area contributed by atoms with E-state index in [2.05, 4.69) is 65.4 Å². The number of hydrogen-bond donors (Lipinski definition) is 1. The van der Waals surface area contributed by atoms with Crippen LogP contribution >= 0.6 is 15.9 Å². The highest BCUT2D eigenvalue weighted by Gasteiger charge is 2.12. The van der Waals surface area contributed by atoms with Crippen molar-refractivity contribution in [1.29, 1.82) is 0 Å². The Morgan fingerprint density at radius 3 is 2.62 bits per heavy atom. The third-order valence-corrected chi connectivity index (χ3v) is 3.83. The topological polar surface area (TPSA) is 21.3 Å². The Hall–Kier alpha value is -1.48. The SMILES string of the molecule is CCCOc1ccccc1NC(CC)c1cccc(Br)c1. The van der Waals surface area contributed by atoms with Gasteiger partial charge in [0, 0.05) is 4.47 Å². The summed E-state index contributed by atoms with van der Waals surface area (Å²) in [7, 11) is 0. The zero-order valence-corrected chi connectivity index (χ0v) is 14.2. The van der Waals surface area contributed by atoms with Crippen molar-refractivity contribution in [2.24, 2.45) is 0 Å². The number of anilines is 1. The van der Waals surface area contributed by atoms with Crippen LogP contribution in [0.1, 0.15) is 38.3 Å². The van der Waals surface area contributed by atoms with Gasteiger partial charge in [0.2, 0.25) is 0 Å². The third-order valence-electron chi connectivity index (χ3n) is 3.34. The van der Waals surface area contributed by atoms with Crippen molar-refractivity contribution in [3.05, 3.63) is 58.6 Å². The Morgan fingerprint density at radius 2 is 1.90 bits per heavy atom. The van der Waals surface area contributed by atoms with E-state index >= 15 is 0 Å². The summed E-state index contributed by atoms with van der Waals surface area (Å²) in [5, 5.41) is 3.60. The standard InChI is InChI=1S/C18H22BrNO/c1-3-12-21-18-11-6-5-10-17(18)20-16(4-2)14-8-7-9-15(19)13-14/h5-11,13,16,20H,3-4,12H2,1-2H3. The summed E-state index contributed by atoms with van der Waals surface area (Å²) in [6, 6.07) is 16.9. The van der Waals surface area contributed by atoms with Crippen LogP contribution in [-0.4, -0.2) is 6.61 Å². The molecule has 21 heavy (non-hydrogen) atoms. The van der Waals surface area contributed by atoms with Gasteiger partial charge in [-0.05, 0) is 42.7 Å². The Morgan fingerprint density at radius 1 is 1.10 bits per heavy atom. The highest BCUT2D eigenvalue weighted by atomic mass is 79.9. The van der Waals surface area contributed by atoms with Gasteiger partial charge in [-0.1, -0.05) is 54.0 Å². The molecule has 3 heteroatoms. The Labute approximate surface area is 135 Å². The van der Waals surface area contributed by atoms with Gasteiger partial charge in [0.15, 0.2) is 0 Å². The van der Waals surface area contributed by atoms with Crippen molar-refractivity contribution in [2.45, 2.75) is 32.7 Å². The minimum absolute atomic E-state index is 0.272. The van der Waals surface area contributed by atoms with Crippen LogP contribution in [0.25, 0.3) is 0 Å².